The Bertz CT molecular complexity index is 257. The highest BCUT2D eigenvalue weighted by Gasteiger charge is 2.29. The number of likely N-dealkylation sites (N-methyl/N-ethyl adjacent to an activating group) is 1. The predicted molar refractivity (Wildman–Crippen MR) is 39.7 cm³/mol. The summed E-state index contributed by atoms with van der Waals surface area (Å²) in [7, 11) is 3.30. The lowest BCUT2D eigenvalue weighted by molar-refractivity contribution is -0.124. The summed E-state index contributed by atoms with van der Waals surface area (Å²) in [5.41, 5.74) is 0.219. The molecule has 0 aliphatic carbocycles. The van der Waals surface area contributed by atoms with Crippen molar-refractivity contribution in [3.8, 4) is 0 Å². The number of carbonyl (C=O) groups is 2. The Hall–Kier alpha value is -1.03. The van der Waals surface area contributed by atoms with E-state index in [1.807, 2.05) is 0 Å². The van der Waals surface area contributed by atoms with Gasteiger partial charge in [-0.3, -0.25) is 14.9 Å². The molecule has 0 unspecified atom stereocenters. The van der Waals surface area contributed by atoms with Gasteiger partial charge in [0.05, 0.1) is 0 Å². The van der Waals surface area contributed by atoms with Gasteiger partial charge in [0.1, 0.15) is 10.7 Å². The summed E-state index contributed by atoms with van der Waals surface area (Å²) in [5.74, 6) is -0.967. The van der Waals surface area contributed by atoms with Crippen LogP contribution in [0.25, 0.3) is 0 Å². The molecule has 60 valence electrons. The zero-order chi connectivity index (χ0) is 8.59. The first-order valence-electron chi connectivity index (χ1n) is 2.97. The van der Waals surface area contributed by atoms with Crippen molar-refractivity contribution in [2.24, 2.45) is 0 Å². The van der Waals surface area contributed by atoms with Gasteiger partial charge in [-0.05, 0) is 0 Å². The van der Waals surface area contributed by atoms with Crippen LogP contribution < -0.4 is 5.32 Å². The normalized spacial score (nSPS) is 17.4. The number of nitrogens with zero attached hydrogens (tertiary/aromatic N) is 1. The fourth-order valence-corrected chi connectivity index (χ4v) is 1.13. The summed E-state index contributed by atoms with van der Waals surface area (Å²) in [6.07, 6.45) is 0. The molecule has 4 nitrogen and oxygen atoms in total. The van der Waals surface area contributed by atoms with Crippen molar-refractivity contribution in [3.05, 3.63) is 10.7 Å². The molecular weight excluding hydrogens is 168 g/mol. The van der Waals surface area contributed by atoms with E-state index in [1.165, 1.54) is 4.90 Å². The van der Waals surface area contributed by atoms with E-state index in [0.717, 1.165) is 0 Å². The summed E-state index contributed by atoms with van der Waals surface area (Å²) >= 11 is 5.52. The molecule has 0 aromatic carbocycles. The van der Waals surface area contributed by atoms with E-state index >= 15 is 0 Å². The Morgan fingerprint density at radius 1 is 1.27 bits per heavy atom. The fourth-order valence-electron chi connectivity index (χ4n) is 0.824. The summed E-state index contributed by atoms with van der Waals surface area (Å²) in [6, 6.07) is 0. The van der Waals surface area contributed by atoms with Crippen LogP contribution >= 0.6 is 11.6 Å². The van der Waals surface area contributed by atoms with Crippen LogP contribution in [-0.4, -0.2) is 30.8 Å². The van der Waals surface area contributed by atoms with Crippen LogP contribution in [0.15, 0.2) is 10.7 Å². The molecule has 1 aliphatic heterocycles. The average molecular weight is 175 g/mol. The maximum Gasteiger partial charge on any atom is 0.276 e. The summed E-state index contributed by atoms with van der Waals surface area (Å²) in [6.45, 7) is 0. The van der Waals surface area contributed by atoms with E-state index in [9.17, 15) is 9.59 Å². The lowest BCUT2D eigenvalue weighted by Gasteiger charge is -2.10. The second-order valence-corrected chi connectivity index (χ2v) is 2.72. The third kappa shape index (κ3) is 1.21. The second-order valence-electron chi connectivity index (χ2n) is 2.34. The minimum Gasteiger partial charge on any atom is -0.372 e. The zero-order valence-electron chi connectivity index (χ0n) is 6.14. The monoisotopic (exact) mass is 174 g/mol. The highest BCUT2D eigenvalue weighted by molar-refractivity contribution is 6.47. The summed E-state index contributed by atoms with van der Waals surface area (Å²) in [5, 5.41) is 2.03. The first kappa shape index (κ1) is 8.07. The standard InChI is InChI=1S/C6H7ClN2O2/c1-9(2)4-3(7)5(10)8-6(4)11/h1-2H3,(H,8,10,11). The molecule has 0 saturated carbocycles. The summed E-state index contributed by atoms with van der Waals surface area (Å²) in [4.78, 5) is 23.2. The highest BCUT2D eigenvalue weighted by Crippen LogP contribution is 2.17. The number of amides is 2. The van der Waals surface area contributed by atoms with Gasteiger partial charge in [0.2, 0.25) is 0 Å². The molecule has 1 rings (SSSR count). The molecule has 0 atom stereocenters. The molecule has 0 aromatic heterocycles. The van der Waals surface area contributed by atoms with Crippen molar-refractivity contribution in [3.63, 3.8) is 0 Å². The van der Waals surface area contributed by atoms with Crippen LogP contribution in [-0.2, 0) is 9.59 Å². The first-order valence-corrected chi connectivity index (χ1v) is 3.34. The molecule has 1 heterocycles. The molecule has 0 bridgehead atoms. The van der Waals surface area contributed by atoms with Crippen molar-refractivity contribution < 1.29 is 9.59 Å². The van der Waals surface area contributed by atoms with E-state index < -0.39 is 11.8 Å². The number of hydrogen-bond acceptors (Lipinski definition) is 3. The lowest BCUT2D eigenvalue weighted by Crippen LogP contribution is -2.26. The first-order chi connectivity index (χ1) is 5.04. The number of hydrogen-bond donors (Lipinski definition) is 1. The molecule has 0 fully saturated rings. The van der Waals surface area contributed by atoms with E-state index in [1.54, 1.807) is 14.1 Å². The Morgan fingerprint density at radius 3 is 2.00 bits per heavy atom. The van der Waals surface area contributed by atoms with Gasteiger partial charge in [0.25, 0.3) is 11.8 Å². The van der Waals surface area contributed by atoms with Gasteiger partial charge < -0.3 is 4.90 Å². The third-order valence-corrected chi connectivity index (χ3v) is 1.65. The largest absolute Gasteiger partial charge is 0.372 e. The van der Waals surface area contributed by atoms with E-state index in [4.69, 9.17) is 11.6 Å². The van der Waals surface area contributed by atoms with Crippen LogP contribution in [0.2, 0.25) is 0 Å². The summed E-state index contributed by atoms with van der Waals surface area (Å²) < 4.78 is 0. The molecule has 2 amide bonds. The topological polar surface area (TPSA) is 49.4 Å². The molecule has 1 aliphatic rings. The van der Waals surface area contributed by atoms with Crippen LogP contribution in [0.1, 0.15) is 0 Å². The van der Waals surface area contributed by atoms with E-state index in [0.29, 0.717) is 0 Å². The van der Waals surface area contributed by atoms with E-state index in [2.05, 4.69) is 5.32 Å². The van der Waals surface area contributed by atoms with Crippen molar-refractivity contribution in [2.45, 2.75) is 0 Å². The van der Waals surface area contributed by atoms with Gasteiger partial charge in [-0.2, -0.15) is 0 Å². The maximum atomic E-state index is 10.9. The molecule has 0 saturated heterocycles. The van der Waals surface area contributed by atoms with Gasteiger partial charge in [-0.15, -0.1) is 0 Å². The molecule has 5 heteroatoms. The van der Waals surface area contributed by atoms with Crippen LogP contribution in [0.5, 0.6) is 0 Å². The van der Waals surface area contributed by atoms with Gasteiger partial charge >= 0.3 is 0 Å². The molecule has 0 spiro atoms. The molecule has 0 aromatic rings. The van der Waals surface area contributed by atoms with Crippen LogP contribution in [0.3, 0.4) is 0 Å². The maximum absolute atomic E-state index is 10.9. The molecule has 1 N–H and O–H groups in total. The van der Waals surface area contributed by atoms with Crippen molar-refractivity contribution in [1.82, 2.24) is 10.2 Å². The Balaban J connectivity index is 3.07. The fraction of sp³-hybridized carbons (Fsp3) is 0.333. The average Bonchev–Trinajstić information content (AvgIpc) is 2.07. The van der Waals surface area contributed by atoms with Gasteiger partial charge in [-0.25, -0.2) is 0 Å². The van der Waals surface area contributed by atoms with Gasteiger partial charge in [-0.1, -0.05) is 11.6 Å². The number of nitrogens with one attached hydrogen (secondary N) is 1. The SMILES string of the molecule is CN(C)C1=C(Cl)C(=O)NC1=O. The minimum absolute atomic E-state index is 0.0417. The number of halogens is 1. The zero-order valence-corrected chi connectivity index (χ0v) is 6.90. The Labute approximate surface area is 68.8 Å². The quantitative estimate of drug-likeness (QED) is 0.553. The van der Waals surface area contributed by atoms with Crippen LogP contribution in [0.4, 0.5) is 0 Å². The van der Waals surface area contributed by atoms with Gasteiger partial charge in [0.15, 0.2) is 0 Å². The Kier molecular flexibility index (Phi) is 1.87. The van der Waals surface area contributed by atoms with Crippen LogP contribution in [0, 0.1) is 0 Å². The van der Waals surface area contributed by atoms with Gasteiger partial charge in [0, 0.05) is 14.1 Å². The molecule has 0 radical (unpaired) electrons. The molecular formula is C6H7ClN2O2. The number of rotatable bonds is 1. The lowest BCUT2D eigenvalue weighted by atomic mass is 10.4. The van der Waals surface area contributed by atoms with E-state index in [-0.39, 0.29) is 10.7 Å². The molecule has 11 heavy (non-hydrogen) atoms. The van der Waals surface area contributed by atoms with Crippen molar-refractivity contribution >= 4 is 23.4 Å². The smallest absolute Gasteiger partial charge is 0.276 e. The minimum atomic E-state index is -0.527. The highest BCUT2D eigenvalue weighted by atomic mass is 35.5. The van der Waals surface area contributed by atoms with Crippen molar-refractivity contribution in [2.75, 3.05) is 14.1 Å². The number of imide groups is 1. The van der Waals surface area contributed by atoms with Crippen molar-refractivity contribution in [1.29, 1.82) is 0 Å². The second kappa shape index (κ2) is 2.54. The number of carbonyl (C=O) groups excluding carboxylic acids is 2. The Morgan fingerprint density at radius 2 is 1.82 bits per heavy atom. The predicted octanol–water partition coefficient (Wildman–Crippen LogP) is -0.345. The third-order valence-electron chi connectivity index (χ3n) is 1.30.